The van der Waals surface area contributed by atoms with E-state index in [0.29, 0.717) is 45.9 Å². The van der Waals surface area contributed by atoms with Crippen molar-refractivity contribution in [3.05, 3.63) is 69.7 Å². The van der Waals surface area contributed by atoms with Crippen LogP contribution >= 0.6 is 11.3 Å². The molecule has 0 saturated heterocycles. The summed E-state index contributed by atoms with van der Waals surface area (Å²) in [6.45, 7) is 2.44. The van der Waals surface area contributed by atoms with Gasteiger partial charge in [0.2, 0.25) is 0 Å². The molecule has 2 N–H and O–H groups in total. The highest BCUT2D eigenvalue weighted by Crippen LogP contribution is 2.29. The van der Waals surface area contributed by atoms with Gasteiger partial charge in [-0.3, -0.25) is 4.79 Å². The molecule has 0 aliphatic heterocycles. The van der Waals surface area contributed by atoms with E-state index in [2.05, 4.69) is 15.4 Å². The predicted octanol–water partition coefficient (Wildman–Crippen LogP) is 3.33. The van der Waals surface area contributed by atoms with Crippen molar-refractivity contribution in [2.24, 2.45) is 0 Å². The minimum Gasteiger partial charge on any atom is -0.497 e. The quantitative estimate of drug-likeness (QED) is 0.426. The van der Waals surface area contributed by atoms with Crippen LogP contribution in [0.1, 0.15) is 32.6 Å². The summed E-state index contributed by atoms with van der Waals surface area (Å²) in [5.41, 5.74) is 2.37. The van der Waals surface area contributed by atoms with Gasteiger partial charge in [0.1, 0.15) is 17.6 Å². The van der Waals surface area contributed by atoms with E-state index in [1.165, 1.54) is 7.11 Å². The summed E-state index contributed by atoms with van der Waals surface area (Å²) in [5.74, 6) is 0.803. The number of aliphatic hydroxyl groups excluding tert-OH is 1. The Morgan fingerprint density at radius 1 is 1.25 bits per heavy atom. The second kappa shape index (κ2) is 9.37. The van der Waals surface area contributed by atoms with E-state index in [1.807, 2.05) is 24.4 Å². The van der Waals surface area contributed by atoms with Crippen molar-refractivity contribution >= 4 is 28.3 Å². The number of methoxy groups -OCH3 is 2. The SMILES string of the molecule is COc1ccc(OC)c(C(O)CNC(=O)c2cc(C)nc3c2cnn3Cc2cccs2)c1. The van der Waals surface area contributed by atoms with E-state index < -0.39 is 6.10 Å². The van der Waals surface area contributed by atoms with Gasteiger partial charge in [0.05, 0.1) is 37.9 Å². The molecule has 0 aliphatic rings. The van der Waals surface area contributed by atoms with Crippen molar-refractivity contribution in [1.82, 2.24) is 20.1 Å². The van der Waals surface area contributed by atoms with Crippen LogP contribution in [-0.2, 0) is 6.54 Å². The molecule has 32 heavy (non-hydrogen) atoms. The number of amides is 1. The van der Waals surface area contributed by atoms with E-state index in [-0.39, 0.29) is 12.5 Å². The molecule has 3 heterocycles. The summed E-state index contributed by atoms with van der Waals surface area (Å²) in [4.78, 5) is 18.8. The summed E-state index contributed by atoms with van der Waals surface area (Å²) in [5, 5.41) is 20.6. The fraction of sp³-hybridized carbons (Fsp3) is 0.261. The zero-order chi connectivity index (χ0) is 22.7. The monoisotopic (exact) mass is 452 g/mol. The Morgan fingerprint density at radius 3 is 2.81 bits per heavy atom. The highest BCUT2D eigenvalue weighted by molar-refractivity contribution is 7.09. The van der Waals surface area contributed by atoms with Crippen LogP contribution in [-0.4, -0.2) is 46.5 Å². The minimum atomic E-state index is -0.969. The van der Waals surface area contributed by atoms with Crippen LogP contribution in [0.4, 0.5) is 0 Å². The number of aromatic nitrogens is 3. The standard InChI is InChI=1S/C23H24N4O4S/c1-14-9-17(19-11-25-27(22(19)26-14)13-16-5-4-8-32-16)23(29)24-12-20(28)18-10-15(30-2)6-7-21(18)31-3/h4-11,20,28H,12-13H2,1-3H3,(H,24,29). The van der Waals surface area contributed by atoms with E-state index in [1.54, 1.807) is 53.6 Å². The molecule has 0 spiro atoms. The third-order valence-electron chi connectivity index (χ3n) is 5.12. The van der Waals surface area contributed by atoms with Gasteiger partial charge in [-0.05, 0) is 42.6 Å². The van der Waals surface area contributed by atoms with Gasteiger partial charge in [0, 0.05) is 22.7 Å². The number of hydrogen-bond acceptors (Lipinski definition) is 7. The second-order valence-electron chi connectivity index (χ2n) is 7.26. The van der Waals surface area contributed by atoms with Crippen LogP contribution in [0.3, 0.4) is 0 Å². The maximum atomic E-state index is 13.0. The van der Waals surface area contributed by atoms with Gasteiger partial charge < -0.3 is 19.9 Å². The Kier molecular flexibility index (Phi) is 6.38. The van der Waals surface area contributed by atoms with Crippen molar-refractivity contribution in [3.63, 3.8) is 0 Å². The molecule has 0 bridgehead atoms. The van der Waals surface area contributed by atoms with Crippen LogP contribution in [0.25, 0.3) is 11.0 Å². The molecular formula is C23H24N4O4S. The average Bonchev–Trinajstić information content (AvgIpc) is 3.46. The first kappa shape index (κ1) is 21.8. The van der Waals surface area contributed by atoms with Crippen molar-refractivity contribution in [3.8, 4) is 11.5 Å². The van der Waals surface area contributed by atoms with Crippen molar-refractivity contribution in [2.75, 3.05) is 20.8 Å². The molecule has 8 nitrogen and oxygen atoms in total. The number of benzene rings is 1. The summed E-state index contributed by atoms with van der Waals surface area (Å²) in [7, 11) is 3.08. The van der Waals surface area contributed by atoms with Crippen LogP contribution in [0, 0.1) is 6.92 Å². The van der Waals surface area contributed by atoms with Crippen molar-refractivity contribution in [1.29, 1.82) is 0 Å². The molecule has 1 unspecified atom stereocenters. The van der Waals surface area contributed by atoms with Gasteiger partial charge >= 0.3 is 0 Å². The Bertz CT molecular complexity index is 1240. The number of carbonyl (C=O) groups excluding carboxylic acids is 1. The predicted molar refractivity (Wildman–Crippen MR) is 123 cm³/mol. The number of nitrogens with one attached hydrogen (secondary N) is 1. The topological polar surface area (TPSA) is 98.5 Å². The Hall–Kier alpha value is -3.43. The minimum absolute atomic E-state index is 0.00849. The first-order valence-electron chi connectivity index (χ1n) is 10.0. The third kappa shape index (κ3) is 4.44. The zero-order valence-electron chi connectivity index (χ0n) is 18.0. The van der Waals surface area contributed by atoms with E-state index in [9.17, 15) is 9.90 Å². The van der Waals surface area contributed by atoms with E-state index in [0.717, 1.165) is 4.88 Å². The number of aliphatic hydroxyl groups is 1. The molecule has 4 rings (SSSR count). The number of rotatable bonds is 8. The number of nitrogens with zero attached hydrogens (tertiary/aromatic N) is 3. The molecule has 166 valence electrons. The number of thiophene rings is 1. The first-order valence-corrected chi connectivity index (χ1v) is 10.9. The number of hydrogen-bond donors (Lipinski definition) is 2. The lowest BCUT2D eigenvalue weighted by Gasteiger charge is -2.17. The number of ether oxygens (including phenoxy) is 2. The van der Waals surface area contributed by atoms with Crippen LogP contribution in [0.15, 0.2) is 48.0 Å². The molecular weight excluding hydrogens is 428 g/mol. The van der Waals surface area contributed by atoms with Crippen molar-refractivity contribution in [2.45, 2.75) is 19.6 Å². The summed E-state index contributed by atoms with van der Waals surface area (Å²) in [6.07, 6.45) is 0.690. The molecule has 9 heteroatoms. The van der Waals surface area contributed by atoms with Gasteiger partial charge in [-0.15, -0.1) is 11.3 Å². The fourth-order valence-corrected chi connectivity index (χ4v) is 4.21. The Labute approximate surface area is 189 Å². The lowest BCUT2D eigenvalue weighted by Crippen LogP contribution is -2.29. The average molecular weight is 453 g/mol. The van der Waals surface area contributed by atoms with Gasteiger partial charge in [-0.25, -0.2) is 9.67 Å². The van der Waals surface area contributed by atoms with Crippen molar-refractivity contribution < 1.29 is 19.4 Å². The Morgan fingerprint density at radius 2 is 2.09 bits per heavy atom. The second-order valence-corrected chi connectivity index (χ2v) is 8.30. The van der Waals surface area contributed by atoms with Crippen LogP contribution in [0.2, 0.25) is 0 Å². The van der Waals surface area contributed by atoms with Crippen LogP contribution in [0.5, 0.6) is 11.5 Å². The van der Waals surface area contributed by atoms with Crippen LogP contribution < -0.4 is 14.8 Å². The van der Waals surface area contributed by atoms with E-state index in [4.69, 9.17) is 9.47 Å². The number of pyridine rings is 1. The smallest absolute Gasteiger partial charge is 0.252 e. The first-order chi connectivity index (χ1) is 15.5. The molecule has 0 aliphatic carbocycles. The molecule has 1 atom stereocenters. The maximum absolute atomic E-state index is 13.0. The molecule has 1 aromatic carbocycles. The molecule has 3 aromatic heterocycles. The summed E-state index contributed by atoms with van der Waals surface area (Å²) >= 11 is 1.64. The normalized spacial score (nSPS) is 12.0. The molecule has 0 radical (unpaired) electrons. The highest BCUT2D eigenvalue weighted by atomic mass is 32.1. The molecule has 0 fully saturated rings. The van der Waals surface area contributed by atoms with E-state index >= 15 is 0 Å². The number of carbonyl (C=O) groups is 1. The largest absolute Gasteiger partial charge is 0.497 e. The summed E-state index contributed by atoms with van der Waals surface area (Å²) in [6, 6.07) is 10.9. The number of aryl methyl sites for hydroxylation is 1. The fourth-order valence-electron chi connectivity index (χ4n) is 3.52. The highest BCUT2D eigenvalue weighted by Gasteiger charge is 2.19. The van der Waals surface area contributed by atoms with Gasteiger partial charge in [-0.1, -0.05) is 6.07 Å². The maximum Gasteiger partial charge on any atom is 0.252 e. The Balaban J connectivity index is 1.55. The number of fused-ring (bicyclic) bond motifs is 1. The van der Waals surface area contributed by atoms with Gasteiger partial charge in [0.15, 0.2) is 5.65 Å². The lowest BCUT2D eigenvalue weighted by molar-refractivity contribution is 0.0916. The third-order valence-corrected chi connectivity index (χ3v) is 5.98. The molecule has 4 aromatic rings. The summed E-state index contributed by atoms with van der Waals surface area (Å²) < 4.78 is 12.4. The van der Waals surface area contributed by atoms with Gasteiger partial charge in [-0.2, -0.15) is 5.10 Å². The van der Waals surface area contributed by atoms with Gasteiger partial charge in [0.25, 0.3) is 5.91 Å². The molecule has 0 saturated carbocycles. The zero-order valence-corrected chi connectivity index (χ0v) is 18.8. The molecule has 1 amide bonds. The lowest BCUT2D eigenvalue weighted by atomic mass is 10.1.